The zero-order chi connectivity index (χ0) is 19.6. The van der Waals surface area contributed by atoms with Crippen molar-refractivity contribution in [3.05, 3.63) is 70.2 Å². The van der Waals surface area contributed by atoms with Crippen molar-refractivity contribution in [2.24, 2.45) is 0 Å². The molecule has 0 heterocycles. The van der Waals surface area contributed by atoms with Crippen LogP contribution in [0.25, 0.3) is 6.08 Å². The van der Waals surface area contributed by atoms with E-state index in [-0.39, 0.29) is 16.7 Å². The van der Waals surface area contributed by atoms with Crippen LogP contribution < -0.4 is 20.9 Å². The first-order valence-electron chi connectivity index (χ1n) is 7.65. The molecule has 0 atom stereocenters. The minimum absolute atomic E-state index is 0.0596. The van der Waals surface area contributed by atoms with Gasteiger partial charge >= 0.3 is 0 Å². The van der Waals surface area contributed by atoms with E-state index in [1.165, 1.54) is 12.1 Å². The summed E-state index contributed by atoms with van der Waals surface area (Å²) in [7, 11) is 0. The summed E-state index contributed by atoms with van der Waals surface area (Å²) in [5.41, 5.74) is 5.58. The summed E-state index contributed by atoms with van der Waals surface area (Å²) in [6.45, 7) is -0.307. The number of benzene rings is 2. The molecule has 0 saturated carbocycles. The van der Waals surface area contributed by atoms with Crippen molar-refractivity contribution in [1.82, 2.24) is 16.2 Å². The number of hydrogen-bond donors (Lipinski definition) is 3. The zero-order valence-electron chi connectivity index (χ0n) is 13.9. The maximum atomic E-state index is 11.8. The Morgan fingerprint density at radius 1 is 1.07 bits per heavy atom. The van der Waals surface area contributed by atoms with Crippen LogP contribution in [0.3, 0.4) is 0 Å². The van der Waals surface area contributed by atoms with E-state index in [2.05, 4.69) is 16.2 Å². The lowest BCUT2D eigenvalue weighted by molar-refractivity contribution is -0.123. The Balaban J connectivity index is 1.70. The Labute approximate surface area is 171 Å². The minimum atomic E-state index is -0.516. The molecule has 2 aromatic rings. The van der Waals surface area contributed by atoms with Crippen molar-refractivity contribution in [2.45, 2.75) is 0 Å². The zero-order valence-corrected chi connectivity index (χ0v) is 16.2. The molecular formula is C18H15Cl2N3O3S. The van der Waals surface area contributed by atoms with Gasteiger partial charge in [0.1, 0.15) is 5.75 Å². The van der Waals surface area contributed by atoms with Gasteiger partial charge in [0.15, 0.2) is 11.7 Å². The standard InChI is InChI=1S/C18H15Cl2N3O3S/c19-13-7-8-15(14(20)10-13)26-11-17(25)22-23-18(27)21-16(24)9-6-12-4-2-1-3-5-12/h1-10H,11H2,(H,22,25)(H2,21,23,24,27). The van der Waals surface area contributed by atoms with Gasteiger partial charge < -0.3 is 4.74 Å². The van der Waals surface area contributed by atoms with E-state index in [4.69, 9.17) is 40.2 Å². The molecule has 0 radical (unpaired) electrons. The minimum Gasteiger partial charge on any atom is -0.482 e. The average molecular weight is 424 g/mol. The fraction of sp³-hybridized carbons (Fsp3) is 0.0556. The molecule has 0 unspecified atom stereocenters. The van der Waals surface area contributed by atoms with Gasteiger partial charge in [0.25, 0.3) is 5.91 Å². The van der Waals surface area contributed by atoms with Gasteiger partial charge in [-0.3, -0.25) is 25.8 Å². The molecular weight excluding hydrogens is 409 g/mol. The van der Waals surface area contributed by atoms with Crippen LogP contribution in [0.4, 0.5) is 0 Å². The maximum absolute atomic E-state index is 11.8. The normalized spacial score (nSPS) is 10.3. The quantitative estimate of drug-likeness (QED) is 0.391. The summed E-state index contributed by atoms with van der Waals surface area (Å²) in [5.74, 6) is -0.634. The number of carbonyl (C=O) groups is 2. The number of halogens is 2. The van der Waals surface area contributed by atoms with Crippen LogP contribution in [0.2, 0.25) is 10.0 Å². The molecule has 3 N–H and O–H groups in total. The molecule has 27 heavy (non-hydrogen) atoms. The molecule has 0 fully saturated rings. The molecule has 2 rings (SSSR count). The van der Waals surface area contributed by atoms with Gasteiger partial charge in [0.2, 0.25) is 5.91 Å². The Hall–Kier alpha value is -2.61. The number of carbonyl (C=O) groups excluding carboxylic acids is 2. The van der Waals surface area contributed by atoms with Crippen LogP contribution >= 0.6 is 35.4 Å². The first-order chi connectivity index (χ1) is 12.9. The van der Waals surface area contributed by atoms with E-state index in [1.807, 2.05) is 30.3 Å². The molecule has 2 amide bonds. The molecule has 0 aliphatic carbocycles. The topological polar surface area (TPSA) is 79.5 Å². The lowest BCUT2D eigenvalue weighted by Crippen LogP contribution is -2.49. The Morgan fingerprint density at radius 3 is 2.52 bits per heavy atom. The maximum Gasteiger partial charge on any atom is 0.276 e. The summed E-state index contributed by atoms with van der Waals surface area (Å²) in [6, 6.07) is 14.0. The number of thiocarbonyl (C=S) groups is 1. The van der Waals surface area contributed by atoms with Gasteiger partial charge in [0, 0.05) is 11.1 Å². The second kappa shape index (κ2) is 10.5. The first-order valence-corrected chi connectivity index (χ1v) is 8.81. The first kappa shape index (κ1) is 20.7. The smallest absolute Gasteiger partial charge is 0.276 e. The summed E-state index contributed by atoms with van der Waals surface area (Å²) in [6.07, 6.45) is 2.97. The molecule has 0 spiro atoms. The fourth-order valence-electron chi connectivity index (χ4n) is 1.82. The van der Waals surface area contributed by atoms with Gasteiger partial charge in [-0.05, 0) is 42.1 Å². The monoisotopic (exact) mass is 423 g/mol. The van der Waals surface area contributed by atoms with Gasteiger partial charge in [0.05, 0.1) is 5.02 Å². The van der Waals surface area contributed by atoms with E-state index < -0.39 is 11.8 Å². The number of rotatable bonds is 5. The van der Waals surface area contributed by atoms with Gasteiger partial charge in [-0.25, -0.2) is 0 Å². The Bertz CT molecular complexity index is 860. The van der Waals surface area contributed by atoms with Crippen molar-refractivity contribution in [1.29, 1.82) is 0 Å². The number of amides is 2. The highest BCUT2D eigenvalue weighted by Crippen LogP contribution is 2.27. The van der Waals surface area contributed by atoms with Crippen LogP contribution in [0.5, 0.6) is 5.75 Å². The lowest BCUT2D eigenvalue weighted by atomic mass is 10.2. The van der Waals surface area contributed by atoms with Crippen LogP contribution in [0, 0.1) is 0 Å². The highest BCUT2D eigenvalue weighted by atomic mass is 35.5. The van der Waals surface area contributed by atoms with Crippen molar-refractivity contribution in [3.63, 3.8) is 0 Å². The number of hydrogen-bond acceptors (Lipinski definition) is 4. The van der Waals surface area contributed by atoms with Crippen molar-refractivity contribution < 1.29 is 14.3 Å². The highest BCUT2D eigenvalue weighted by molar-refractivity contribution is 7.80. The molecule has 9 heteroatoms. The number of ether oxygens (including phenoxy) is 1. The molecule has 0 aliphatic rings. The molecule has 0 aliphatic heterocycles. The summed E-state index contributed by atoms with van der Waals surface area (Å²) in [5, 5.41) is 3.09. The third kappa shape index (κ3) is 7.65. The summed E-state index contributed by atoms with van der Waals surface area (Å²) < 4.78 is 5.27. The van der Waals surface area contributed by atoms with Gasteiger partial charge in [-0.1, -0.05) is 53.5 Å². The molecule has 0 aromatic heterocycles. The number of nitrogens with one attached hydrogen (secondary N) is 3. The highest BCUT2D eigenvalue weighted by Gasteiger charge is 2.07. The van der Waals surface area contributed by atoms with Crippen LogP contribution in [0.15, 0.2) is 54.6 Å². The van der Waals surface area contributed by atoms with Gasteiger partial charge in [-0.2, -0.15) is 0 Å². The molecule has 0 saturated heterocycles. The van der Waals surface area contributed by atoms with Gasteiger partial charge in [-0.15, -0.1) is 0 Å². The molecule has 0 bridgehead atoms. The summed E-state index contributed by atoms with van der Waals surface area (Å²) >= 11 is 16.6. The Morgan fingerprint density at radius 2 is 1.81 bits per heavy atom. The van der Waals surface area contributed by atoms with E-state index in [1.54, 1.807) is 18.2 Å². The van der Waals surface area contributed by atoms with Crippen LogP contribution in [0.1, 0.15) is 5.56 Å². The summed E-state index contributed by atoms with van der Waals surface area (Å²) in [4.78, 5) is 23.5. The van der Waals surface area contributed by atoms with Crippen LogP contribution in [-0.2, 0) is 9.59 Å². The van der Waals surface area contributed by atoms with E-state index in [0.29, 0.717) is 10.8 Å². The fourth-order valence-corrected chi connectivity index (χ4v) is 2.43. The van der Waals surface area contributed by atoms with E-state index in [0.717, 1.165) is 5.56 Å². The van der Waals surface area contributed by atoms with E-state index >= 15 is 0 Å². The molecule has 2 aromatic carbocycles. The largest absolute Gasteiger partial charge is 0.482 e. The third-order valence-electron chi connectivity index (χ3n) is 3.03. The predicted octanol–water partition coefficient (Wildman–Crippen LogP) is 3.11. The average Bonchev–Trinajstić information content (AvgIpc) is 2.65. The van der Waals surface area contributed by atoms with Crippen molar-refractivity contribution >= 4 is 58.4 Å². The molecule has 6 nitrogen and oxygen atoms in total. The van der Waals surface area contributed by atoms with Crippen molar-refractivity contribution in [2.75, 3.05) is 6.61 Å². The third-order valence-corrected chi connectivity index (χ3v) is 3.77. The molecule has 140 valence electrons. The van der Waals surface area contributed by atoms with Crippen LogP contribution in [-0.4, -0.2) is 23.5 Å². The predicted molar refractivity (Wildman–Crippen MR) is 109 cm³/mol. The second-order valence-electron chi connectivity index (χ2n) is 5.10. The second-order valence-corrected chi connectivity index (χ2v) is 6.35. The van der Waals surface area contributed by atoms with Crippen molar-refractivity contribution in [3.8, 4) is 5.75 Å². The SMILES string of the molecule is O=C(C=Cc1ccccc1)NC(=S)NNC(=O)COc1ccc(Cl)cc1Cl. The van der Waals surface area contributed by atoms with E-state index in [9.17, 15) is 9.59 Å². The lowest BCUT2D eigenvalue weighted by Gasteiger charge is -2.11. The Kier molecular flexibility index (Phi) is 8.06. The number of hydrazine groups is 1.